The Balaban J connectivity index is 0.00000312. The smallest absolute Gasteiger partial charge is 0.270 e. The highest BCUT2D eigenvalue weighted by molar-refractivity contribution is 7.89. The maximum atomic E-state index is 13.0. The summed E-state index contributed by atoms with van der Waals surface area (Å²) in [5.41, 5.74) is 0.433. The number of nitro groups is 1. The van der Waals surface area contributed by atoms with Crippen LogP contribution in [0.2, 0.25) is 0 Å². The zero-order valence-electron chi connectivity index (χ0n) is 14.6. The molecule has 0 unspecified atom stereocenters. The van der Waals surface area contributed by atoms with Gasteiger partial charge < -0.3 is 5.32 Å². The number of rotatable bonds is 7. The highest BCUT2D eigenvalue weighted by atomic mass is 35.5. The lowest BCUT2D eigenvalue weighted by molar-refractivity contribution is -0.385. The highest BCUT2D eigenvalue weighted by Gasteiger charge is 2.31. The van der Waals surface area contributed by atoms with E-state index in [-0.39, 0.29) is 23.0 Å². The minimum absolute atomic E-state index is 0. The number of aryl methyl sites for hydroxylation is 1. The van der Waals surface area contributed by atoms with Gasteiger partial charge >= 0.3 is 0 Å². The van der Waals surface area contributed by atoms with E-state index < -0.39 is 14.9 Å². The van der Waals surface area contributed by atoms with Crippen LogP contribution in [0.3, 0.4) is 0 Å². The number of benzene rings is 1. The molecule has 1 aliphatic rings. The molecule has 1 saturated heterocycles. The molecule has 7 nitrogen and oxygen atoms in total. The molecule has 1 N–H and O–H groups in total. The average Bonchev–Trinajstić information content (AvgIpc) is 2.59. The number of hydrogen-bond acceptors (Lipinski definition) is 5. The summed E-state index contributed by atoms with van der Waals surface area (Å²) in [6.07, 6.45) is 2.13. The highest BCUT2D eigenvalue weighted by Crippen LogP contribution is 2.28. The molecule has 1 heterocycles. The van der Waals surface area contributed by atoms with E-state index in [0.717, 1.165) is 25.9 Å². The second-order valence-corrected chi connectivity index (χ2v) is 7.96. The lowest BCUT2D eigenvalue weighted by Crippen LogP contribution is -2.41. The summed E-state index contributed by atoms with van der Waals surface area (Å²) in [4.78, 5) is 10.5. The van der Waals surface area contributed by atoms with Gasteiger partial charge in [0.1, 0.15) is 0 Å². The Morgan fingerprint density at radius 2 is 1.92 bits per heavy atom. The molecule has 0 bridgehead atoms. The van der Waals surface area contributed by atoms with Gasteiger partial charge in [0.2, 0.25) is 10.0 Å². The van der Waals surface area contributed by atoms with Gasteiger partial charge in [0.25, 0.3) is 5.69 Å². The number of hydrogen-bond donors (Lipinski definition) is 1. The SMILES string of the molecule is CCNCC1CCN(S(=O)(=O)c2cc([N+](=O)[O-])ccc2CC)CC1.Cl. The molecule has 142 valence electrons. The van der Waals surface area contributed by atoms with Gasteiger partial charge in [-0.3, -0.25) is 10.1 Å². The largest absolute Gasteiger partial charge is 0.317 e. The molecular formula is C16H26ClN3O4S. The number of sulfonamides is 1. The van der Waals surface area contributed by atoms with Gasteiger partial charge in [0.15, 0.2) is 0 Å². The summed E-state index contributed by atoms with van der Waals surface area (Å²) in [5.74, 6) is 0.479. The third-order valence-corrected chi connectivity index (χ3v) is 6.50. The maximum Gasteiger partial charge on any atom is 0.270 e. The Labute approximate surface area is 155 Å². The van der Waals surface area contributed by atoms with E-state index in [9.17, 15) is 18.5 Å². The fraction of sp³-hybridized carbons (Fsp3) is 0.625. The number of nitrogens with one attached hydrogen (secondary N) is 1. The molecule has 0 aliphatic carbocycles. The van der Waals surface area contributed by atoms with E-state index in [2.05, 4.69) is 5.32 Å². The van der Waals surface area contributed by atoms with E-state index in [1.54, 1.807) is 6.07 Å². The Kier molecular flexibility index (Phi) is 8.27. The van der Waals surface area contributed by atoms with Crippen LogP contribution >= 0.6 is 12.4 Å². The molecular weight excluding hydrogens is 366 g/mol. The minimum atomic E-state index is -3.70. The van der Waals surface area contributed by atoms with Gasteiger partial charge in [-0.15, -0.1) is 12.4 Å². The predicted octanol–water partition coefficient (Wildman–Crippen LogP) is 2.59. The molecule has 0 saturated carbocycles. The predicted molar refractivity (Wildman–Crippen MR) is 99.7 cm³/mol. The normalized spacial score (nSPS) is 16.4. The third kappa shape index (κ3) is 5.13. The summed E-state index contributed by atoms with van der Waals surface area (Å²) < 4.78 is 27.4. The van der Waals surface area contributed by atoms with Crippen LogP contribution in [0.25, 0.3) is 0 Å². The van der Waals surface area contributed by atoms with Crippen LogP contribution in [0.4, 0.5) is 5.69 Å². The zero-order valence-corrected chi connectivity index (χ0v) is 16.2. The number of piperidine rings is 1. The number of non-ortho nitro benzene ring substituents is 1. The van der Waals surface area contributed by atoms with Gasteiger partial charge in [0.05, 0.1) is 9.82 Å². The van der Waals surface area contributed by atoms with Gasteiger partial charge in [-0.1, -0.05) is 19.9 Å². The summed E-state index contributed by atoms with van der Waals surface area (Å²) in [6.45, 7) is 6.64. The van der Waals surface area contributed by atoms with Gasteiger partial charge in [-0.25, -0.2) is 8.42 Å². The van der Waals surface area contributed by atoms with E-state index in [0.29, 0.717) is 31.0 Å². The van der Waals surface area contributed by atoms with E-state index in [4.69, 9.17) is 0 Å². The molecule has 1 aliphatic heterocycles. The van der Waals surface area contributed by atoms with Crippen LogP contribution in [0.15, 0.2) is 23.1 Å². The molecule has 1 aromatic rings. The summed E-state index contributed by atoms with van der Waals surface area (Å²) in [7, 11) is -3.70. The van der Waals surface area contributed by atoms with Gasteiger partial charge in [-0.2, -0.15) is 4.31 Å². The van der Waals surface area contributed by atoms with Crippen LogP contribution < -0.4 is 5.32 Å². The summed E-state index contributed by atoms with van der Waals surface area (Å²) in [6, 6.07) is 4.10. The summed E-state index contributed by atoms with van der Waals surface area (Å²) >= 11 is 0. The van der Waals surface area contributed by atoms with E-state index in [1.807, 2.05) is 13.8 Å². The first-order valence-corrected chi connectivity index (χ1v) is 9.82. The lowest BCUT2D eigenvalue weighted by atomic mass is 9.98. The van der Waals surface area contributed by atoms with Crippen LogP contribution in [0.1, 0.15) is 32.3 Å². The topological polar surface area (TPSA) is 92.6 Å². The first kappa shape index (κ1) is 21.8. The molecule has 0 amide bonds. The molecule has 1 aromatic carbocycles. The minimum Gasteiger partial charge on any atom is -0.317 e. The van der Waals surface area contributed by atoms with Gasteiger partial charge in [-0.05, 0) is 43.8 Å². The fourth-order valence-electron chi connectivity index (χ4n) is 3.03. The lowest BCUT2D eigenvalue weighted by Gasteiger charge is -2.31. The quantitative estimate of drug-likeness (QED) is 0.569. The van der Waals surface area contributed by atoms with Crippen molar-refractivity contribution < 1.29 is 13.3 Å². The standard InChI is InChI=1S/C16H25N3O4S.ClH/c1-3-14-5-6-15(19(20)21)11-16(14)24(22,23)18-9-7-13(8-10-18)12-17-4-2;/h5-6,11,13,17H,3-4,7-10,12H2,1-2H3;1H. The van der Waals surface area contributed by atoms with Gasteiger partial charge in [0, 0.05) is 25.2 Å². The van der Waals surface area contributed by atoms with E-state index >= 15 is 0 Å². The van der Waals surface area contributed by atoms with Crippen molar-refractivity contribution in [3.05, 3.63) is 33.9 Å². The maximum absolute atomic E-state index is 13.0. The first-order chi connectivity index (χ1) is 11.4. The molecule has 0 aromatic heterocycles. The number of nitrogens with zero attached hydrogens (tertiary/aromatic N) is 2. The van der Waals surface area contributed by atoms with Crippen LogP contribution in [0.5, 0.6) is 0 Å². The van der Waals surface area contributed by atoms with Crippen molar-refractivity contribution in [2.75, 3.05) is 26.2 Å². The second-order valence-electron chi connectivity index (χ2n) is 6.06. The van der Waals surface area contributed by atoms with Crippen LogP contribution in [-0.4, -0.2) is 43.8 Å². The van der Waals surface area contributed by atoms with Crippen molar-refractivity contribution in [3.8, 4) is 0 Å². The molecule has 9 heteroatoms. The average molecular weight is 392 g/mol. The Morgan fingerprint density at radius 3 is 2.44 bits per heavy atom. The van der Waals surface area contributed by atoms with Crippen molar-refractivity contribution in [2.24, 2.45) is 5.92 Å². The van der Waals surface area contributed by atoms with E-state index in [1.165, 1.54) is 16.4 Å². The molecule has 1 fully saturated rings. The Hall–Kier alpha value is -1.22. The number of nitro benzene ring substituents is 1. The van der Waals surface area contributed by atoms with Crippen molar-refractivity contribution in [2.45, 2.75) is 38.0 Å². The molecule has 25 heavy (non-hydrogen) atoms. The van der Waals surface area contributed by atoms with Crippen molar-refractivity contribution >= 4 is 28.1 Å². The monoisotopic (exact) mass is 391 g/mol. The van der Waals surface area contributed by atoms with Crippen molar-refractivity contribution in [1.82, 2.24) is 9.62 Å². The molecule has 0 atom stereocenters. The zero-order chi connectivity index (χ0) is 17.7. The third-order valence-electron chi connectivity index (χ3n) is 4.52. The summed E-state index contributed by atoms with van der Waals surface area (Å²) in [5, 5.41) is 14.3. The fourth-order valence-corrected chi connectivity index (χ4v) is 4.81. The van der Waals surface area contributed by atoms with Crippen molar-refractivity contribution in [3.63, 3.8) is 0 Å². The Bertz CT molecular complexity index is 689. The molecule has 2 rings (SSSR count). The van der Waals surface area contributed by atoms with Crippen LogP contribution in [-0.2, 0) is 16.4 Å². The van der Waals surface area contributed by atoms with Crippen molar-refractivity contribution in [1.29, 1.82) is 0 Å². The second kappa shape index (κ2) is 9.47. The molecule has 0 spiro atoms. The Morgan fingerprint density at radius 1 is 1.28 bits per heavy atom. The number of halogens is 1. The first-order valence-electron chi connectivity index (χ1n) is 8.38. The molecule has 0 radical (unpaired) electrons. The van der Waals surface area contributed by atoms with Crippen LogP contribution in [0, 0.1) is 16.0 Å².